The van der Waals surface area contributed by atoms with Crippen LogP contribution in [0.15, 0.2) is 24.3 Å². The second-order valence-corrected chi connectivity index (χ2v) is 7.04. The molecule has 0 N–H and O–H groups in total. The van der Waals surface area contributed by atoms with Crippen LogP contribution in [-0.2, 0) is 11.2 Å². The molecule has 70 valence electrons. The lowest BCUT2D eigenvalue weighted by atomic mass is 10.1. The van der Waals surface area contributed by atoms with E-state index in [1.165, 1.54) is 5.56 Å². The van der Waals surface area contributed by atoms with Gasteiger partial charge in [0.25, 0.3) is 0 Å². The average Bonchev–Trinajstić information content (AvgIpc) is 2.89. The van der Waals surface area contributed by atoms with Crippen LogP contribution >= 0.6 is 0 Å². The van der Waals surface area contributed by atoms with E-state index >= 15 is 0 Å². The Kier molecular flexibility index (Phi) is 2.51. The summed E-state index contributed by atoms with van der Waals surface area (Å²) in [5.41, 5.74) is 1.45. The van der Waals surface area contributed by atoms with E-state index in [0.29, 0.717) is 6.10 Å². The topological polar surface area (TPSA) is 12.5 Å². The first kappa shape index (κ1) is 8.97. The molecule has 1 nitrogen and oxygen atoms in total. The number of rotatable bonds is 3. The van der Waals surface area contributed by atoms with Gasteiger partial charge in [0, 0.05) is 6.42 Å². The molecule has 0 spiro atoms. The predicted octanol–water partition coefficient (Wildman–Crippen LogP) is 1.32. The summed E-state index contributed by atoms with van der Waals surface area (Å²) in [5, 5.41) is 1.57. The van der Waals surface area contributed by atoms with E-state index in [4.69, 9.17) is 4.74 Å². The zero-order chi connectivity index (χ0) is 9.26. The van der Waals surface area contributed by atoms with Gasteiger partial charge in [0.2, 0.25) is 0 Å². The maximum absolute atomic E-state index is 5.22. The molecule has 1 heterocycles. The van der Waals surface area contributed by atoms with Gasteiger partial charge >= 0.3 is 0 Å². The molecule has 1 aliphatic heterocycles. The number of benzene rings is 1. The SMILES string of the molecule is C[SiH](C)c1cccc(CC2CO2)c1. The number of ether oxygens (including phenoxy) is 1. The van der Waals surface area contributed by atoms with Gasteiger partial charge < -0.3 is 4.74 Å². The van der Waals surface area contributed by atoms with Gasteiger partial charge in [-0.25, -0.2) is 0 Å². The van der Waals surface area contributed by atoms with Crippen molar-refractivity contribution < 1.29 is 4.74 Å². The van der Waals surface area contributed by atoms with Gasteiger partial charge in [-0.2, -0.15) is 0 Å². The van der Waals surface area contributed by atoms with E-state index in [-0.39, 0.29) is 0 Å². The lowest BCUT2D eigenvalue weighted by Crippen LogP contribution is -2.22. The Morgan fingerprint density at radius 2 is 2.23 bits per heavy atom. The van der Waals surface area contributed by atoms with Crippen LogP contribution in [0.4, 0.5) is 0 Å². The minimum atomic E-state index is -0.623. The van der Waals surface area contributed by atoms with Crippen LogP contribution in [0.2, 0.25) is 13.1 Å². The second-order valence-electron chi connectivity index (χ2n) is 4.06. The predicted molar refractivity (Wildman–Crippen MR) is 58.4 cm³/mol. The Hall–Kier alpha value is -0.603. The first-order valence-electron chi connectivity index (χ1n) is 4.96. The molecule has 1 aromatic carbocycles. The molecule has 0 aromatic heterocycles. The van der Waals surface area contributed by atoms with Crippen molar-refractivity contribution in [1.82, 2.24) is 0 Å². The fourth-order valence-corrected chi connectivity index (χ4v) is 2.57. The standard InChI is InChI=1S/C11H16OSi/c1-13(2)11-5-3-4-9(7-11)6-10-8-12-10/h3-5,7,10,13H,6,8H2,1-2H3. The van der Waals surface area contributed by atoms with Crippen LogP contribution in [0.25, 0.3) is 0 Å². The third-order valence-electron chi connectivity index (χ3n) is 2.48. The van der Waals surface area contributed by atoms with E-state index in [2.05, 4.69) is 37.4 Å². The van der Waals surface area contributed by atoms with Gasteiger partial charge in [-0.05, 0) is 5.56 Å². The summed E-state index contributed by atoms with van der Waals surface area (Å²) in [6.07, 6.45) is 1.62. The third-order valence-corrected chi connectivity index (χ3v) is 4.18. The summed E-state index contributed by atoms with van der Waals surface area (Å²) in [6.45, 7) is 5.70. The highest BCUT2D eigenvalue weighted by Gasteiger charge is 2.22. The lowest BCUT2D eigenvalue weighted by molar-refractivity contribution is 0.407. The van der Waals surface area contributed by atoms with Crippen molar-refractivity contribution in [3.05, 3.63) is 29.8 Å². The van der Waals surface area contributed by atoms with E-state index in [9.17, 15) is 0 Å². The van der Waals surface area contributed by atoms with Gasteiger partial charge in [-0.15, -0.1) is 0 Å². The zero-order valence-corrected chi connectivity index (χ0v) is 9.44. The molecular weight excluding hydrogens is 176 g/mol. The van der Waals surface area contributed by atoms with Crippen LogP contribution in [-0.4, -0.2) is 21.5 Å². The molecule has 0 amide bonds. The summed E-state index contributed by atoms with van der Waals surface area (Å²) in [5.74, 6) is 0. The second kappa shape index (κ2) is 3.64. The van der Waals surface area contributed by atoms with Gasteiger partial charge in [0.15, 0.2) is 0 Å². The maximum Gasteiger partial charge on any atom is 0.0850 e. The molecule has 0 saturated carbocycles. The fraction of sp³-hybridized carbons (Fsp3) is 0.455. The first-order valence-corrected chi connectivity index (χ1v) is 7.85. The number of hydrogen-bond acceptors (Lipinski definition) is 1. The van der Waals surface area contributed by atoms with Crippen molar-refractivity contribution in [2.24, 2.45) is 0 Å². The minimum absolute atomic E-state index is 0.518. The normalized spacial score (nSPS) is 20.7. The maximum atomic E-state index is 5.22. The van der Waals surface area contributed by atoms with E-state index in [0.717, 1.165) is 13.0 Å². The molecule has 1 fully saturated rings. The summed E-state index contributed by atoms with van der Waals surface area (Å²) in [6, 6.07) is 9.01. The average molecular weight is 192 g/mol. The van der Waals surface area contributed by atoms with Crippen molar-refractivity contribution >= 4 is 14.0 Å². The molecule has 2 heteroatoms. The van der Waals surface area contributed by atoms with Crippen LogP contribution < -0.4 is 5.19 Å². The highest BCUT2D eigenvalue weighted by molar-refractivity contribution is 6.70. The Balaban J connectivity index is 2.11. The Bertz CT molecular complexity index is 292. The molecule has 0 bridgehead atoms. The zero-order valence-electron chi connectivity index (χ0n) is 8.29. The summed E-state index contributed by atoms with van der Waals surface area (Å²) in [4.78, 5) is 0. The molecule has 1 saturated heterocycles. The third kappa shape index (κ3) is 2.42. The molecule has 0 radical (unpaired) electrons. The van der Waals surface area contributed by atoms with Crippen LogP contribution in [0.5, 0.6) is 0 Å². The molecule has 13 heavy (non-hydrogen) atoms. The lowest BCUT2D eigenvalue weighted by Gasteiger charge is -2.05. The smallest absolute Gasteiger partial charge is 0.0850 e. The highest BCUT2D eigenvalue weighted by Crippen LogP contribution is 2.15. The first-order chi connectivity index (χ1) is 6.25. The van der Waals surface area contributed by atoms with Crippen LogP contribution in [0, 0.1) is 0 Å². The molecule has 1 atom stereocenters. The molecular formula is C11H16OSi. The number of epoxide rings is 1. The molecule has 1 aliphatic rings. The van der Waals surface area contributed by atoms with E-state index in [1.807, 2.05) is 0 Å². The summed E-state index contributed by atoms with van der Waals surface area (Å²) < 4.78 is 5.22. The van der Waals surface area contributed by atoms with Crippen LogP contribution in [0.3, 0.4) is 0 Å². The number of hydrogen-bond donors (Lipinski definition) is 0. The van der Waals surface area contributed by atoms with E-state index in [1.54, 1.807) is 5.19 Å². The molecule has 1 aromatic rings. The Labute approximate surface area is 81.3 Å². The van der Waals surface area contributed by atoms with Gasteiger partial charge in [0.05, 0.1) is 21.5 Å². The van der Waals surface area contributed by atoms with Crippen molar-refractivity contribution in [1.29, 1.82) is 0 Å². The van der Waals surface area contributed by atoms with E-state index < -0.39 is 8.80 Å². The van der Waals surface area contributed by atoms with Crippen molar-refractivity contribution in [2.45, 2.75) is 25.6 Å². The van der Waals surface area contributed by atoms with Crippen LogP contribution in [0.1, 0.15) is 5.56 Å². The van der Waals surface area contributed by atoms with Crippen molar-refractivity contribution in [2.75, 3.05) is 6.61 Å². The minimum Gasteiger partial charge on any atom is -0.373 e. The monoisotopic (exact) mass is 192 g/mol. The molecule has 2 rings (SSSR count). The van der Waals surface area contributed by atoms with Gasteiger partial charge in [-0.1, -0.05) is 42.5 Å². The summed E-state index contributed by atoms with van der Waals surface area (Å²) >= 11 is 0. The summed E-state index contributed by atoms with van der Waals surface area (Å²) in [7, 11) is -0.623. The van der Waals surface area contributed by atoms with Gasteiger partial charge in [-0.3, -0.25) is 0 Å². The van der Waals surface area contributed by atoms with Gasteiger partial charge in [0.1, 0.15) is 0 Å². The molecule has 0 aliphatic carbocycles. The largest absolute Gasteiger partial charge is 0.373 e. The fourth-order valence-electron chi connectivity index (χ4n) is 1.53. The highest BCUT2D eigenvalue weighted by atomic mass is 28.3. The Morgan fingerprint density at radius 1 is 1.46 bits per heavy atom. The quantitative estimate of drug-likeness (QED) is 0.520. The van der Waals surface area contributed by atoms with Crippen molar-refractivity contribution in [3.63, 3.8) is 0 Å². The Morgan fingerprint density at radius 3 is 2.85 bits per heavy atom. The molecule has 1 unspecified atom stereocenters. The van der Waals surface area contributed by atoms with Crippen molar-refractivity contribution in [3.8, 4) is 0 Å².